The Morgan fingerprint density at radius 2 is 1.41 bits per heavy atom. The van der Waals surface area contributed by atoms with Crippen LogP contribution in [0.5, 0.6) is 0 Å². The zero-order valence-electron chi connectivity index (χ0n) is 14.4. The summed E-state index contributed by atoms with van der Waals surface area (Å²) in [7, 11) is 0. The number of benzene rings is 3. The molecule has 1 aromatic heterocycles. The number of hydrogen-bond donors (Lipinski definition) is 0. The van der Waals surface area contributed by atoms with Gasteiger partial charge in [0.1, 0.15) is 5.82 Å². The number of nitrogens with zero attached hydrogens (tertiary/aromatic N) is 2. The van der Waals surface area contributed by atoms with Gasteiger partial charge in [-0.3, -0.25) is 0 Å². The monoisotopic (exact) mass is 366 g/mol. The number of rotatable bonds is 4. The Morgan fingerprint density at radius 1 is 0.778 bits per heavy atom. The summed E-state index contributed by atoms with van der Waals surface area (Å²) in [6, 6.07) is 23.4. The van der Waals surface area contributed by atoms with Gasteiger partial charge in [-0.1, -0.05) is 60.7 Å². The molecule has 4 aromatic rings. The van der Waals surface area contributed by atoms with E-state index in [1.165, 1.54) is 6.07 Å². The van der Waals surface area contributed by atoms with Crippen LogP contribution in [-0.4, -0.2) is 9.55 Å². The van der Waals surface area contributed by atoms with Crippen molar-refractivity contribution in [2.45, 2.75) is 19.1 Å². The molecule has 0 saturated carbocycles. The molecule has 0 aliphatic heterocycles. The number of alkyl halides is 3. The smallest absolute Gasteiger partial charge is 0.323 e. The first-order chi connectivity index (χ1) is 13.0. The standard InChI is InChI=1S/C22H17F3N2/c23-22(24,25)18-11-12-20-19(14-18)26-21(13-16-7-3-1-4-8-16)27(20)15-17-9-5-2-6-10-17/h1-12,14H,13,15H2. The van der Waals surface area contributed by atoms with Crippen molar-refractivity contribution in [1.82, 2.24) is 9.55 Å². The molecule has 0 spiro atoms. The van der Waals surface area contributed by atoms with Crippen molar-refractivity contribution in [2.75, 3.05) is 0 Å². The first-order valence-electron chi connectivity index (χ1n) is 8.65. The lowest BCUT2D eigenvalue weighted by molar-refractivity contribution is -0.137. The molecule has 4 rings (SSSR count). The fourth-order valence-corrected chi connectivity index (χ4v) is 3.21. The van der Waals surface area contributed by atoms with Crippen molar-refractivity contribution in [3.05, 3.63) is 101 Å². The highest BCUT2D eigenvalue weighted by Crippen LogP contribution is 2.32. The lowest BCUT2D eigenvalue weighted by Crippen LogP contribution is -2.06. The molecule has 27 heavy (non-hydrogen) atoms. The molecule has 0 N–H and O–H groups in total. The summed E-state index contributed by atoms with van der Waals surface area (Å²) in [5, 5.41) is 0. The Labute approximate surface area is 154 Å². The predicted octanol–water partition coefficient (Wildman–Crippen LogP) is 5.69. The maximum atomic E-state index is 13.1. The summed E-state index contributed by atoms with van der Waals surface area (Å²) in [6.07, 6.45) is -3.82. The van der Waals surface area contributed by atoms with Gasteiger partial charge in [0, 0.05) is 13.0 Å². The molecule has 0 bridgehead atoms. The molecule has 0 radical (unpaired) electrons. The average Bonchev–Trinajstić information content (AvgIpc) is 2.99. The maximum absolute atomic E-state index is 13.1. The second-order valence-electron chi connectivity index (χ2n) is 6.46. The van der Waals surface area contributed by atoms with Crippen LogP contribution in [0.2, 0.25) is 0 Å². The number of aromatic nitrogens is 2. The Bertz CT molecular complexity index is 1050. The van der Waals surface area contributed by atoms with Gasteiger partial charge in [-0.05, 0) is 29.3 Å². The van der Waals surface area contributed by atoms with Crippen LogP contribution in [0.25, 0.3) is 11.0 Å². The van der Waals surface area contributed by atoms with E-state index in [4.69, 9.17) is 0 Å². The molecular formula is C22H17F3N2. The van der Waals surface area contributed by atoms with Gasteiger partial charge in [0.25, 0.3) is 0 Å². The van der Waals surface area contributed by atoms with Gasteiger partial charge in [-0.15, -0.1) is 0 Å². The van der Waals surface area contributed by atoms with Gasteiger partial charge in [0.2, 0.25) is 0 Å². The van der Waals surface area contributed by atoms with E-state index in [9.17, 15) is 13.2 Å². The second kappa shape index (κ2) is 6.91. The third-order valence-electron chi connectivity index (χ3n) is 4.54. The first-order valence-corrected chi connectivity index (χ1v) is 8.65. The summed E-state index contributed by atoms with van der Waals surface area (Å²) < 4.78 is 41.2. The molecule has 0 aliphatic carbocycles. The Balaban J connectivity index is 1.82. The molecular weight excluding hydrogens is 349 g/mol. The van der Waals surface area contributed by atoms with Crippen molar-refractivity contribution in [1.29, 1.82) is 0 Å². The van der Waals surface area contributed by atoms with Gasteiger partial charge >= 0.3 is 6.18 Å². The number of halogens is 3. The van der Waals surface area contributed by atoms with Gasteiger partial charge in [-0.25, -0.2) is 4.98 Å². The zero-order chi connectivity index (χ0) is 18.9. The predicted molar refractivity (Wildman–Crippen MR) is 99.5 cm³/mol. The van der Waals surface area contributed by atoms with Crippen LogP contribution in [0.3, 0.4) is 0 Å². The molecule has 3 aromatic carbocycles. The highest BCUT2D eigenvalue weighted by molar-refractivity contribution is 5.77. The number of hydrogen-bond acceptors (Lipinski definition) is 1. The Kier molecular flexibility index (Phi) is 4.44. The summed E-state index contributed by atoms with van der Waals surface area (Å²) in [5.41, 5.74) is 2.54. The first kappa shape index (κ1) is 17.3. The highest BCUT2D eigenvalue weighted by atomic mass is 19.4. The molecule has 1 heterocycles. The SMILES string of the molecule is FC(F)(F)c1ccc2c(c1)nc(Cc1ccccc1)n2Cc1ccccc1. The molecule has 5 heteroatoms. The average molecular weight is 366 g/mol. The largest absolute Gasteiger partial charge is 0.416 e. The van der Waals surface area contributed by atoms with Crippen molar-refractivity contribution in [2.24, 2.45) is 0 Å². The molecule has 0 atom stereocenters. The summed E-state index contributed by atoms with van der Waals surface area (Å²) >= 11 is 0. The van der Waals surface area contributed by atoms with Crippen molar-refractivity contribution >= 4 is 11.0 Å². The van der Waals surface area contributed by atoms with E-state index in [0.29, 0.717) is 24.0 Å². The third kappa shape index (κ3) is 3.72. The van der Waals surface area contributed by atoms with Crippen LogP contribution in [0.1, 0.15) is 22.5 Å². The molecule has 0 amide bonds. The van der Waals surface area contributed by atoms with Crippen LogP contribution in [0.4, 0.5) is 13.2 Å². The van der Waals surface area contributed by atoms with Gasteiger partial charge in [-0.2, -0.15) is 13.2 Å². The molecule has 0 fully saturated rings. The van der Waals surface area contributed by atoms with Gasteiger partial charge in [0.15, 0.2) is 0 Å². The molecule has 0 unspecified atom stereocenters. The summed E-state index contributed by atoms with van der Waals surface area (Å²) in [4.78, 5) is 4.54. The topological polar surface area (TPSA) is 17.8 Å². The fourth-order valence-electron chi connectivity index (χ4n) is 3.21. The van der Waals surface area contributed by atoms with Crippen LogP contribution < -0.4 is 0 Å². The van der Waals surface area contributed by atoms with E-state index in [1.54, 1.807) is 0 Å². The van der Waals surface area contributed by atoms with E-state index in [1.807, 2.05) is 65.2 Å². The second-order valence-corrected chi connectivity index (χ2v) is 6.46. The van der Waals surface area contributed by atoms with Crippen LogP contribution in [0, 0.1) is 0 Å². The Morgan fingerprint density at radius 3 is 2.04 bits per heavy atom. The minimum atomic E-state index is -4.38. The van der Waals surface area contributed by atoms with Crippen molar-refractivity contribution in [3.63, 3.8) is 0 Å². The zero-order valence-corrected chi connectivity index (χ0v) is 14.4. The third-order valence-corrected chi connectivity index (χ3v) is 4.54. The minimum absolute atomic E-state index is 0.367. The Hall–Kier alpha value is -3.08. The lowest BCUT2D eigenvalue weighted by atomic mass is 10.1. The van der Waals surface area contributed by atoms with Gasteiger partial charge < -0.3 is 4.57 Å². The van der Waals surface area contributed by atoms with E-state index < -0.39 is 11.7 Å². The number of fused-ring (bicyclic) bond motifs is 1. The molecule has 0 aliphatic rings. The summed E-state index contributed by atoms with van der Waals surface area (Å²) in [5.74, 6) is 0.749. The van der Waals surface area contributed by atoms with Crippen LogP contribution in [-0.2, 0) is 19.1 Å². The van der Waals surface area contributed by atoms with E-state index in [0.717, 1.165) is 29.1 Å². The quantitative estimate of drug-likeness (QED) is 0.453. The van der Waals surface area contributed by atoms with Crippen molar-refractivity contribution in [3.8, 4) is 0 Å². The normalized spacial score (nSPS) is 11.8. The molecule has 2 nitrogen and oxygen atoms in total. The molecule has 136 valence electrons. The van der Waals surface area contributed by atoms with E-state index in [2.05, 4.69) is 4.98 Å². The number of imidazole rings is 1. The summed E-state index contributed by atoms with van der Waals surface area (Å²) in [6.45, 7) is 0.560. The van der Waals surface area contributed by atoms with E-state index >= 15 is 0 Å². The van der Waals surface area contributed by atoms with Crippen LogP contribution >= 0.6 is 0 Å². The minimum Gasteiger partial charge on any atom is -0.323 e. The van der Waals surface area contributed by atoms with Crippen LogP contribution in [0.15, 0.2) is 78.9 Å². The maximum Gasteiger partial charge on any atom is 0.416 e. The van der Waals surface area contributed by atoms with E-state index in [-0.39, 0.29) is 0 Å². The van der Waals surface area contributed by atoms with Gasteiger partial charge in [0.05, 0.1) is 16.6 Å². The van der Waals surface area contributed by atoms with Crippen molar-refractivity contribution < 1.29 is 13.2 Å². The highest BCUT2D eigenvalue weighted by Gasteiger charge is 2.31. The molecule has 0 saturated heterocycles. The fraction of sp³-hybridized carbons (Fsp3) is 0.136. The lowest BCUT2D eigenvalue weighted by Gasteiger charge is -2.10.